The van der Waals surface area contributed by atoms with E-state index >= 15 is 0 Å². The first-order valence-corrected chi connectivity index (χ1v) is 9.55. The van der Waals surface area contributed by atoms with Gasteiger partial charge in [-0.15, -0.1) is 0 Å². The molecule has 0 atom stereocenters. The molecule has 8 heteroatoms. The highest BCUT2D eigenvalue weighted by Gasteiger charge is 2.55. The number of allylic oxidation sites excluding steroid dienone is 4. The third-order valence-corrected chi connectivity index (χ3v) is 6.10. The maximum absolute atomic E-state index is 12.8. The summed E-state index contributed by atoms with van der Waals surface area (Å²) in [4.78, 5) is 51.0. The van der Waals surface area contributed by atoms with Crippen molar-refractivity contribution >= 4 is 23.9 Å². The molecule has 2 aliphatic carbocycles. The minimum absolute atomic E-state index is 0.0878. The number of rotatable bonds is 4. The number of esters is 4. The van der Waals surface area contributed by atoms with E-state index in [2.05, 4.69) is 13.2 Å². The fraction of sp³-hybridized carbons (Fsp3) is 0.545. The molecule has 0 aromatic rings. The Morgan fingerprint density at radius 1 is 0.667 bits per heavy atom. The van der Waals surface area contributed by atoms with E-state index in [1.165, 1.54) is 28.4 Å². The zero-order valence-corrected chi connectivity index (χ0v) is 17.9. The first-order valence-electron chi connectivity index (χ1n) is 9.55. The van der Waals surface area contributed by atoms with Gasteiger partial charge in [-0.1, -0.05) is 18.7 Å². The van der Waals surface area contributed by atoms with Gasteiger partial charge in [0.2, 0.25) is 0 Å². The smallest absolute Gasteiger partial charge is 0.323 e. The Labute approximate surface area is 175 Å². The molecule has 0 aromatic heterocycles. The molecule has 164 valence electrons. The Hall–Kier alpha value is -2.90. The topological polar surface area (TPSA) is 105 Å². The van der Waals surface area contributed by atoms with Crippen molar-refractivity contribution in [1.29, 1.82) is 0 Å². The highest BCUT2D eigenvalue weighted by atomic mass is 16.6. The summed E-state index contributed by atoms with van der Waals surface area (Å²) in [6, 6.07) is 0. The molecule has 30 heavy (non-hydrogen) atoms. The first kappa shape index (κ1) is 23.4. The van der Waals surface area contributed by atoms with Crippen molar-refractivity contribution in [3.63, 3.8) is 0 Å². The van der Waals surface area contributed by atoms with Crippen LogP contribution in [0.3, 0.4) is 0 Å². The molecule has 8 nitrogen and oxygen atoms in total. The number of methoxy groups -OCH3 is 4. The zero-order chi connectivity index (χ0) is 22.7. The second kappa shape index (κ2) is 8.85. The second-order valence-electron chi connectivity index (χ2n) is 7.67. The van der Waals surface area contributed by atoms with Crippen molar-refractivity contribution in [3.05, 3.63) is 35.5 Å². The Morgan fingerprint density at radius 2 is 0.967 bits per heavy atom. The summed E-state index contributed by atoms with van der Waals surface area (Å²) < 4.78 is 19.7. The predicted octanol–water partition coefficient (Wildman–Crippen LogP) is 2.43. The van der Waals surface area contributed by atoms with Crippen LogP contribution in [0.5, 0.6) is 0 Å². The highest BCUT2D eigenvalue weighted by Crippen LogP contribution is 2.50. The zero-order valence-electron chi connectivity index (χ0n) is 17.9. The van der Waals surface area contributed by atoms with Gasteiger partial charge in [0.05, 0.1) is 28.4 Å². The van der Waals surface area contributed by atoms with E-state index in [9.17, 15) is 19.2 Å². The normalized spacial score (nSPS) is 20.3. The largest absolute Gasteiger partial charge is 0.468 e. The van der Waals surface area contributed by atoms with Crippen LogP contribution < -0.4 is 0 Å². The number of hydrogen-bond acceptors (Lipinski definition) is 8. The lowest BCUT2D eigenvalue weighted by atomic mass is 9.73. The van der Waals surface area contributed by atoms with E-state index in [1.807, 2.05) is 0 Å². The number of carbonyl (C=O) groups is 4. The maximum atomic E-state index is 12.8. The third kappa shape index (κ3) is 3.66. The van der Waals surface area contributed by atoms with Gasteiger partial charge in [0.25, 0.3) is 0 Å². The molecule has 2 rings (SSSR count). The van der Waals surface area contributed by atoms with Gasteiger partial charge in [0.15, 0.2) is 10.8 Å². The van der Waals surface area contributed by atoms with Crippen molar-refractivity contribution in [1.82, 2.24) is 0 Å². The van der Waals surface area contributed by atoms with Crippen LogP contribution in [0.2, 0.25) is 0 Å². The quantitative estimate of drug-likeness (QED) is 0.388. The van der Waals surface area contributed by atoms with Crippen molar-refractivity contribution in [3.8, 4) is 0 Å². The van der Waals surface area contributed by atoms with Gasteiger partial charge >= 0.3 is 23.9 Å². The molecule has 0 heterocycles. The monoisotopic (exact) mass is 420 g/mol. The molecule has 0 saturated carbocycles. The second-order valence-corrected chi connectivity index (χ2v) is 7.67. The van der Waals surface area contributed by atoms with Crippen molar-refractivity contribution < 1.29 is 38.1 Å². The first-order chi connectivity index (χ1) is 14.1. The van der Waals surface area contributed by atoms with E-state index in [-0.39, 0.29) is 25.7 Å². The molecule has 0 radical (unpaired) electrons. The molecule has 0 spiro atoms. The summed E-state index contributed by atoms with van der Waals surface area (Å²) in [6.45, 7) is 8.22. The Balaban J connectivity index is 2.72. The Morgan fingerprint density at radius 3 is 1.23 bits per heavy atom. The van der Waals surface area contributed by atoms with Crippen LogP contribution in [0, 0.1) is 10.8 Å². The van der Waals surface area contributed by atoms with E-state index in [0.717, 1.165) is 0 Å². The molecule has 0 amide bonds. The van der Waals surface area contributed by atoms with Gasteiger partial charge in [-0.2, -0.15) is 0 Å². The molecule has 0 N–H and O–H groups in total. The Bertz CT molecular complexity index is 734. The lowest BCUT2D eigenvalue weighted by Crippen LogP contribution is -2.44. The van der Waals surface area contributed by atoms with Gasteiger partial charge in [0, 0.05) is 0 Å². The van der Waals surface area contributed by atoms with Gasteiger partial charge in [0.1, 0.15) is 0 Å². The molecule has 0 saturated heterocycles. The number of carbonyl (C=O) groups excluding carboxylic acids is 4. The Kier molecular flexibility index (Phi) is 6.90. The molecule has 0 aliphatic heterocycles. The fourth-order valence-corrected chi connectivity index (χ4v) is 4.52. The molecule has 0 unspecified atom stereocenters. The lowest BCUT2D eigenvalue weighted by Gasteiger charge is -2.31. The molecule has 0 aromatic carbocycles. The van der Waals surface area contributed by atoms with E-state index in [0.29, 0.717) is 35.1 Å². The number of ether oxygens (including phenoxy) is 4. The summed E-state index contributed by atoms with van der Waals surface area (Å²) in [5.74, 6) is -2.97. The van der Waals surface area contributed by atoms with Crippen LogP contribution in [-0.4, -0.2) is 52.3 Å². The van der Waals surface area contributed by atoms with Crippen LogP contribution in [0.4, 0.5) is 0 Å². The van der Waals surface area contributed by atoms with Gasteiger partial charge < -0.3 is 18.9 Å². The van der Waals surface area contributed by atoms with Crippen molar-refractivity contribution in [2.24, 2.45) is 10.8 Å². The molecule has 0 fully saturated rings. The number of hydrogen-bond donors (Lipinski definition) is 0. The fourth-order valence-electron chi connectivity index (χ4n) is 4.52. The molecule has 0 bridgehead atoms. The van der Waals surface area contributed by atoms with E-state index in [4.69, 9.17) is 18.9 Å². The summed E-state index contributed by atoms with van der Waals surface area (Å²) in [5.41, 5.74) is -0.658. The molecular weight excluding hydrogens is 392 g/mol. The van der Waals surface area contributed by atoms with Crippen LogP contribution in [-0.2, 0) is 38.1 Å². The van der Waals surface area contributed by atoms with Gasteiger partial charge in [-0.25, -0.2) is 0 Å². The third-order valence-electron chi connectivity index (χ3n) is 6.10. The van der Waals surface area contributed by atoms with Crippen LogP contribution in [0.15, 0.2) is 35.5 Å². The SMILES string of the molecule is C=C1CCC(C(=O)OC)(C(=O)OC)CC2=C1C(=C)CCC(C(=O)OC)(C(=O)OC)C2. The molecule has 2 aliphatic rings. The summed E-state index contributed by atoms with van der Waals surface area (Å²) in [6.07, 6.45) is 0.714. The van der Waals surface area contributed by atoms with Crippen LogP contribution in [0.1, 0.15) is 38.5 Å². The minimum atomic E-state index is -1.62. The molecular formula is C22H28O8. The van der Waals surface area contributed by atoms with Crippen LogP contribution in [0.25, 0.3) is 0 Å². The lowest BCUT2D eigenvalue weighted by molar-refractivity contribution is -0.169. The summed E-state index contributed by atoms with van der Waals surface area (Å²) >= 11 is 0. The van der Waals surface area contributed by atoms with Crippen LogP contribution >= 0.6 is 0 Å². The summed E-state index contributed by atoms with van der Waals surface area (Å²) in [5, 5.41) is 0. The highest BCUT2D eigenvalue weighted by molar-refractivity contribution is 6.02. The predicted molar refractivity (Wildman–Crippen MR) is 106 cm³/mol. The maximum Gasteiger partial charge on any atom is 0.323 e. The standard InChI is InChI=1S/C22H28O8/c1-13-7-9-21(17(23)27-3,18(24)28-4)11-15-12-22(19(25)29-5,20(26)30-6)10-8-14(2)16(13)15/h1-2,7-12H2,3-6H3. The van der Waals surface area contributed by atoms with E-state index in [1.54, 1.807) is 0 Å². The summed E-state index contributed by atoms with van der Waals surface area (Å²) in [7, 11) is 4.78. The average Bonchev–Trinajstić information content (AvgIpc) is 3.00. The van der Waals surface area contributed by atoms with Crippen molar-refractivity contribution in [2.75, 3.05) is 28.4 Å². The van der Waals surface area contributed by atoms with Gasteiger partial charge in [-0.05, 0) is 55.2 Å². The van der Waals surface area contributed by atoms with Gasteiger partial charge in [-0.3, -0.25) is 19.2 Å². The van der Waals surface area contributed by atoms with Crippen molar-refractivity contribution in [2.45, 2.75) is 38.5 Å². The van der Waals surface area contributed by atoms with E-state index < -0.39 is 34.7 Å². The average molecular weight is 420 g/mol. The minimum Gasteiger partial charge on any atom is -0.468 e.